The van der Waals surface area contributed by atoms with E-state index in [1.807, 2.05) is 0 Å². The standard InChI is InChI=1S/C4H6IN2.AsF6/c1-3-6-5-7-4-2;2-1(3,4,5,6)7/h1-2H3;/q+1;-1. The van der Waals surface area contributed by atoms with E-state index >= 15 is 0 Å². The van der Waals surface area contributed by atoms with Crippen LogP contribution in [0.25, 0.3) is 6.12 Å². The van der Waals surface area contributed by atoms with Crippen LogP contribution >= 0.6 is 0 Å². The summed E-state index contributed by atoms with van der Waals surface area (Å²) in [5, 5.41) is 0. The van der Waals surface area contributed by atoms with Gasteiger partial charge in [0.1, 0.15) is 0 Å². The molecule has 0 spiro atoms. The van der Waals surface area contributed by atoms with Crippen LogP contribution in [0.2, 0.25) is 0 Å². The summed E-state index contributed by atoms with van der Waals surface area (Å²) in [5.74, 6) is 0. The van der Waals surface area contributed by atoms with Crippen molar-refractivity contribution in [1.82, 2.24) is 0 Å². The van der Waals surface area contributed by atoms with Crippen molar-refractivity contribution in [3.8, 4) is 12.1 Å². The van der Waals surface area contributed by atoms with Gasteiger partial charge in [0, 0.05) is 0 Å². The summed E-state index contributed by atoms with van der Waals surface area (Å²) in [6.07, 6.45) is 0. The van der Waals surface area contributed by atoms with Crippen molar-refractivity contribution in [2.75, 3.05) is 0 Å². The first kappa shape index (κ1) is 16.3. The van der Waals surface area contributed by atoms with E-state index in [0.717, 1.165) is 0 Å². The normalized spacial score (nSPS) is 14.3. The van der Waals surface area contributed by atoms with Crippen LogP contribution in [0.4, 0.5) is 20.8 Å². The van der Waals surface area contributed by atoms with Crippen molar-refractivity contribution < 1.29 is 42.6 Å². The molecule has 0 N–H and O–H groups in total. The van der Waals surface area contributed by atoms with Crippen molar-refractivity contribution in [3.63, 3.8) is 0 Å². The Morgan fingerprint density at radius 2 is 1.07 bits per heavy atom. The molecule has 0 aromatic heterocycles. The van der Waals surface area contributed by atoms with E-state index in [-0.39, 0.29) is 21.8 Å². The second-order valence-electron chi connectivity index (χ2n) is 1.65. The molecule has 0 saturated carbocycles. The molecule has 0 aromatic rings. The van der Waals surface area contributed by atoms with Gasteiger partial charge in [-0.15, -0.1) is 0 Å². The molecular formula is C4H6AsF6IN2. The molecule has 0 amide bonds. The Morgan fingerprint density at radius 1 is 0.857 bits per heavy atom. The Hall–Kier alpha value is -0.152. The van der Waals surface area contributed by atoms with Gasteiger partial charge >= 0.3 is 88.8 Å². The summed E-state index contributed by atoms with van der Waals surface area (Å²) in [7, 11) is 0. The Bertz CT molecular complexity index is 269. The quantitative estimate of drug-likeness (QED) is 0.324. The van der Waals surface area contributed by atoms with Gasteiger partial charge in [0.15, 0.2) is 0 Å². The minimum atomic E-state index is -11.1. The average Bonchev–Trinajstić information content (AvgIpc) is 1.82. The van der Waals surface area contributed by atoms with Gasteiger partial charge in [-0.1, -0.05) is 0 Å². The zero-order chi connectivity index (χ0) is 11.9. The molecule has 0 aliphatic carbocycles. The van der Waals surface area contributed by atoms with Crippen molar-refractivity contribution in [2.24, 2.45) is 0 Å². The third-order valence-electron chi connectivity index (χ3n) is 0.245. The van der Waals surface area contributed by atoms with Crippen LogP contribution in [-0.4, -0.2) is 14.2 Å². The van der Waals surface area contributed by atoms with Crippen LogP contribution < -0.4 is 21.8 Å². The second-order valence-corrected chi connectivity index (χ2v) is 7.07. The molecule has 0 unspecified atom stereocenters. The van der Waals surface area contributed by atoms with E-state index in [1.165, 1.54) is 0 Å². The van der Waals surface area contributed by atoms with E-state index in [0.29, 0.717) is 0 Å². The van der Waals surface area contributed by atoms with Crippen LogP contribution in [0.5, 0.6) is 0 Å². The van der Waals surface area contributed by atoms with Gasteiger partial charge in [-0.3, -0.25) is 0 Å². The molecule has 2 nitrogen and oxygen atoms in total. The van der Waals surface area contributed by atoms with Gasteiger partial charge in [0.05, 0.1) is 0 Å². The fourth-order valence-electron chi connectivity index (χ4n) is 0.0945. The molecule has 0 saturated heterocycles. The molecule has 0 atom stereocenters. The van der Waals surface area contributed by atoms with Gasteiger partial charge in [0.25, 0.3) is 0 Å². The molecular weight excluding hydrogens is 392 g/mol. The van der Waals surface area contributed by atoms with Gasteiger partial charge in [-0.05, 0) is 0 Å². The number of rotatable bonds is 0. The third kappa shape index (κ3) is 94.2. The molecule has 0 bridgehead atoms. The average molecular weight is 398 g/mol. The van der Waals surface area contributed by atoms with Gasteiger partial charge < -0.3 is 0 Å². The van der Waals surface area contributed by atoms with E-state index in [1.54, 1.807) is 13.8 Å². The summed E-state index contributed by atoms with van der Waals surface area (Å²) < 4.78 is 67.0. The molecule has 0 radical (unpaired) electrons. The molecule has 14 heavy (non-hydrogen) atoms. The third-order valence-corrected chi connectivity index (χ3v) is 1.64. The summed E-state index contributed by atoms with van der Waals surface area (Å²) in [5.41, 5.74) is 0. The van der Waals surface area contributed by atoms with Gasteiger partial charge in [-0.25, -0.2) is 0 Å². The fourth-order valence-corrected chi connectivity index (χ4v) is 0.634. The number of halogens is 7. The summed E-state index contributed by atoms with van der Waals surface area (Å²) in [6.45, 7) is 3.54. The van der Waals surface area contributed by atoms with E-state index in [4.69, 9.17) is 0 Å². The van der Waals surface area contributed by atoms with Gasteiger partial charge in [-0.2, -0.15) is 0 Å². The molecule has 0 heterocycles. The summed E-state index contributed by atoms with van der Waals surface area (Å²) in [4.78, 5) is 0. The SMILES string of the molecule is CC#[N+][I-][N+]#CC.F[As-](F)(F)(F)(F)F. The van der Waals surface area contributed by atoms with Crippen LogP contribution in [0, 0.1) is 12.1 Å². The first-order valence-electron chi connectivity index (χ1n) is 2.80. The van der Waals surface area contributed by atoms with Crippen LogP contribution in [-0.2, 0) is 0 Å². The number of hydrogen-bond donors (Lipinski definition) is 0. The van der Waals surface area contributed by atoms with Crippen LogP contribution in [0.1, 0.15) is 13.8 Å². The first-order valence-corrected chi connectivity index (χ1v) is 8.98. The van der Waals surface area contributed by atoms with Crippen LogP contribution in [0.15, 0.2) is 0 Å². The molecule has 0 aliphatic heterocycles. The number of nitrogens with zero attached hydrogens (tertiary/aromatic N) is 2. The maximum atomic E-state index is 9.91. The maximum absolute atomic E-state index is 11.1. The second kappa shape index (κ2) is 4.58. The predicted molar refractivity (Wildman–Crippen MR) is 38.2 cm³/mol. The van der Waals surface area contributed by atoms with Crippen LogP contribution in [0.3, 0.4) is 0 Å². The molecule has 10 heteroatoms. The van der Waals surface area contributed by atoms with E-state index in [2.05, 4.69) is 18.3 Å². The molecule has 0 rings (SSSR count). The topological polar surface area (TPSA) is 8.72 Å². The Morgan fingerprint density at radius 3 is 1.21 bits per heavy atom. The number of hydrogen-bond acceptors (Lipinski definition) is 0. The van der Waals surface area contributed by atoms with E-state index < -0.39 is 14.2 Å². The molecule has 86 valence electrons. The zero-order valence-corrected chi connectivity index (χ0v) is 11.0. The fraction of sp³-hybridized carbons (Fsp3) is 0.500. The summed E-state index contributed by atoms with van der Waals surface area (Å²) in [6, 6.07) is 5.29. The molecule has 0 fully saturated rings. The van der Waals surface area contributed by atoms with Crippen molar-refractivity contribution in [3.05, 3.63) is 6.12 Å². The summed E-state index contributed by atoms with van der Waals surface area (Å²) >= 11 is -11.4. The zero-order valence-electron chi connectivity index (χ0n) is 6.99. The predicted octanol–water partition coefficient (Wildman–Crippen LogP) is 0.751. The molecule has 0 aliphatic rings. The first-order chi connectivity index (χ1) is 5.86. The monoisotopic (exact) mass is 398 g/mol. The Balaban J connectivity index is 0. The minimum absolute atomic E-state index is 0.347. The Labute approximate surface area is 88.7 Å². The van der Waals surface area contributed by atoms with Crippen molar-refractivity contribution in [2.45, 2.75) is 13.8 Å². The van der Waals surface area contributed by atoms with Crippen molar-refractivity contribution >= 4 is 14.2 Å². The van der Waals surface area contributed by atoms with E-state index in [9.17, 15) is 20.8 Å². The van der Waals surface area contributed by atoms with Crippen molar-refractivity contribution in [1.29, 1.82) is 0 Å². The Kier molecular flexibility index (Phi) is 5.33. The molecule has 0 aromatic carbocycles. The van der Waals surface area contributed by atoms with Gasteiger partial charge in [0.2, 0.25) is 0 Å².